The van der Waals surface area contributed by atoms with Crippen LogP contribution in [-0.2, 0) is 11.3 Å². The Bertz CT molecular complexity index is 597. The minimum atomic E-state index is -0.454. The molecule has 0 saturated carbocycles. The highest BCUT2D eigenvalue weighted by Gasteiger charge is 2.16. The molecule has 0 spiro atoms. The molecule has 0 atom stereocenters. The smallest absolute Gasteiger partial charge is 0.342 e. The summed E-state index contributed by atoms with van der Waals surface area (Å²) in [7, 11) is 1.47. The average Bonchev–Trinajstić information content (AvgIpc) is 2.81. The zero-order valence-electron chi connectivity index (χ0n) is 10.2. The Morgan fingerprint density at radius 2 is 2.21 bits per heavy atom. The van der Waals surface area contributed by atoms with Crippen molar-refractivity contribution < 1.29 is 14.3 Å². The van der Waals surface area contributed by atoms with Gasteiger partial charge in [-0.15, -0.1) is 11.3 Å². The molecule has 0 fully saturated rings. The summed E-state index contributed by atoms with van der Waals surface area (Å²) in [5.74, 6) is -0.109. The first-order valence-corrected chi connectivity index (χ1v) is 7.12. The Kier molecular flexibility index (Phi) is 4.44. The quantitative estimate of drug-likeness (QED) is 0.683. The fourth-order valence-corrected chi connectivity index (χ4v) is 2.96. The molecule has 2 rings (SSSR count). The molecule has 0 amide bonds. The van der Waals surface area contributed by atoms with E-state index in [4.69, 9.17) is 15.2 Å². The van der Waals surface area contributed by atoms with Gasteiger partial charge in [0.1, 0.15) is 12.2 Å². The predicted octanol–water partition coefficient (Wildman–Crippen LogP) is 3.46. The van der Waals surface area contributed by atoms with Crippen molar-refractivity contribution in [2.45, 2.75) is 6.61 Å². The van der Waals surface area contributed by atoms with Gasteiger partial charge in [0.2, 0.25) is 0 Å². The standard InChI is InChI=1S/C13H12BrNO3S/c1-17-12-8(3-2-4-10(12)15)13(16)18-7-11-9(14)5-6-19-11/h2-6H,7,15H2,1H3. The van der Waals surface area contributed by atoms with Gasteiger partial charge in [0, 0.05) is 4.47 Å². The molecule has 0 aliphatic heterocycles. The van der Waals surface area contributed by atoms with Crippen molar-refractivity contribution in [1.29, 1.82) is 0 Å². The van der Waals surface area contributed by atoms with E-state index in [1.54, 1.807) is 18.2 Å². The van der Waals surface area contributed by atoms with Crippen molar-refractivity contribution in [3.63, 3.8) is 0 Å². The number of ether oxygens (including phenoxy) is 2. The van der Waals surface area contributed by atoms with Crippen molar-refractivity contribution in [3.05, 3.63) is 44.6 Å². The van der Waals surface area contributed by atoms with Crippen molar-refractivity contribution in [1.82, 2.24) is 0 Å². The van der Waals surface area contributed by atoms with Gasteiger partial charge in [0.25, 0.3) is 0 Å². The highest BCUT2D eigenvalue weighted by molar-refractivity contribution is 9.10. The summed E-state index contributed by atoms with van der Waals surface area (Å²) >= 11 is 4.91. The van der Waals surface area contributed by atoms with Crippen LogP contribution in [0.15, 0.2) is 34.1 Å². The van der Waals surface area contributed by atoms with Crippen LogP contribution in [0.25, 0.3) is 0 Å². The van der Waals surface area contributed by atoms with Crippen LogP contribution in [0.4, 0.5) is 5.69 Å². The maximum Gasteiger partial charge on any atom is 0.342 e. The summed E-state index contributed by atoms with van der Waals surface area (Å²) in [4.78, 5) is 13.0. The van der Waals surface area contributed by atoms with Gasteiger partial charge < -0.3 is 15.2 Å². The molecule has 6 heteroatoms. The zero-order valence-corrected chi connectivity index (χ0v) is 12.6. The minimum Gasteiger partial charge on any atom is -0.494 e. The third-order valence-corrected chi connectivity index (χ3v) is 4.39. The van der Waals surface area contributed by atoms with Crippen LogP contribution >= 0.6 is 27.3 Å². The fraction of sp³-hybridized carbons (Fsp3) is 0.154. The monoisotopic (exact) mass is 341 g/mol. The molecule has 0 aliphatic rings. The van der Waals surface area contributed by atoms with E-state index in [1.807, 2.05) is 11.4 Å². The number of nitrogen functional groups attached to an aromatic ring is 1. The van der Waals surface area contributed by atoms with Crippen LogP contribution in [0.1, 0.15) is 15.2 Å². The van der Waals surface area contributed by atoms with Gasteiger partial charge in [-0.2, -0.15) is 0 Å². The lowest BCUT2D eigenvalue weighted by Gasteiger charge is -2.10. The van der Waals surface area contributed by atoms with Gasteiger partial charge in [-0.25, -0.2) is 4.79 Å². The first-order chi connectivity index (χ1) is 9.13. The molecule has 2 aromatic rings. The highest BCUT2D eigenvalue weighted by atomic mass is 79.9. The van der Waals surface area contributed by atoms with E-state index < -0.39 is 5.97 Å². The number of anilines is 1. The Hall–Kier alpha value is -1.53. The van der Waals surface area contributed by atoms with Gasteiger partial charge >= 0.3 is 5.97 Å². The average molecular weight is 342 g/mol. The normalized spacial score (nSPS) is 10.2. The van der Waals surface area contributed by atoms with Crippen LogP contribution in [0, 0.1) is 0 Å². The van der Waals surface area contributed by atoms with E-state index in [9.17, 15) is 4.79 Å². The number of rotatable bonds is 4. The lowest BCUT2D eigenvalue weighted by molar-refractivity contribution is 0.0472. The summed E-state index contributed by atoms with van der Waals surface area (Å²) in [6.07, 6.45) is 0. The number of halogens is 1. The lowest BCUT2D eigenvalue weighted by Crippen LogP contribution is -2.08. The van der Waals surface area contributed by atoms with Crippen LogP contribution < -0.4 is 10.5 Å². The predicted molar refractivity (Wildman–Crippen MR) is 78.5 cm³/mol. The summed E-state index contributed by atoms with van der Waals surface area (Å²) in [6, 6.07) is 6.90. The van der Waals surface area contributed by atoms with Gasteiger partial charge in [-0.3, -0.25) is 0 Å². The number of methoxy groups -OCH3 is 1. The maximum absolute atomic E-state index is 12.0. The van der Waals surface area contributed by atoms with Crippen LogP contribution in [-0.4, -0.2) is 13.1 Å². The number of nitrogens with two attached hydrogens (primary N) is 1. The van der Waals surface area contributed by atoms with E-state index in [1.165, 1.54) is 18.4 Å². The number of hydrogen-bond donors (Lipinski definition) is 1. The number of thiophene rings is 1. The first kappa shape index (κ1) is 13.9. The largest absolute Gasteiger partial charge is 0.494 e. The second-order valence-electron chi connectivity index (χ2n) is 3.70. The molecule has 0 radical (unpaired) electrons. The molecular weight excluding hydrogens is 330 g/mol. The van der Waals surface area contributed by atoms with Gasteiger partial charge in [-0.05, 0) is 39.5 Å². The van der Waals surface area contributed by atoms with Gasteiger partial charge in [0.15, 0.2) is 5.75 Å². The molecule has 100 valence electrons. The molecule has 0 aliphatic carbocycles. The molecule has 0 bridgehead atoms. The van der Waals surface area contributed by atoms with E-state index in [0.29, 0.717) is 17.0 Å². The second-order valence-corrected chi connectivity index (χ2v) is 5.55. The Morgan fingerprint density at radius 1 is 1.42 bits per heavy atom. The summed E-state index contributed by atoms with van der Waals surface area (Å²) in [5.41, 5.74) is 6.49. The van der Waals surface area contributed by atoms with Crippen molar-refractivity contribution >= 4 is 38.9 Å². The van der Waals surface area contributed by atoms with Crippen molar-refractivity contribution in [2.75, 3.05) is 12.8 Å². The maximum atomic E-state index is 12.0. The molecule has 19 heavy (non-hydrogen) atoms. The summed E-state index contributed by atoms with van der Waals surface area (Å²) in [5, 5.41) is 1.92. The Labute approximate surface area is 123 Å². The van der Waals surface area contributed by atoms with Crippen LogP contribution in [0.3, 0.4) is 0 Å². The Balaban J connectivity index is 2.12. The topological polar surface area (TPSA) is 61.5 Å². The lowest BCUT2D eigenvalue weighted by atomic mass is 10.2. The molecule has 1 heterocycles. The number of para-hydroxylation sites is 1. The van der Waals surface area contributed by atoms with Gasteiger partial charge in [-0.1, -0.05) is 6.07 Å². The minimum absolute atomic E-state index is 0.217. The number of hydrogen-bond acceptors (Lipinski definition) is 5. The number of benzene rings is 1. The summed E-state index contributed by atoms with van der Waals surface area (Å²) < 4.78 is 11.3. The van der Waals surface area contributed by atoms with Crippen molar-refractivity contribution in [2.24, 2.45) is 0 Å². The fourth-order valence-electron chi connectivity index (χ4n) is 1.58. The second kappa shape index (κ2) is 6.08. The third kappa shape index (κ3) is 3.08. The van der Waals surface area contributed by atoms with E-state index >= 15 is 0 Å². The van der Waals surface area contributed by atoms with Crippen molar-refractivity contribution in [3.8, 4) is 5.75 Å². The molecule has 1 aromatic heterocycles. The first-order valence-electron chi connectivity index (χ1n) is 5.45. The summed E-state index contributed by atoms with van der Waals surface area (Å²) in [6.45, 7) is 0.217. The number of esters is 1. The van der Waals surface area contributed by atoms with Gasteiger partial charge in [0.05, 0.1) is 17.7 Å². The number of carbonyl (C=O) groups is 1. The molecule has 2 N–H and O–H groups in total. The van der Waals surface area contributed by atoms with E-state index in [2.05, 4.69) is 15.9 Å². The third-order valence-electron chi connectivity index (χ3n) is 2.49. The van der Waals surface area contributed by atoms with E-state index in [0.717, 1.165) is 9.35 Å². The van der Waals surface area contributed by atoms with Crippen LogP contribution in [0.5, 0.6) is 5.75 Å². The Morgan fingerprint density at radius 3 is 2.84 bits per heavy atom. The molecular formula is C13H12BrNO3S. The highest BCUT2D eigenvalue weighted by Crippen LogP contribution is 2.28. The SMILES string of the molecule is COc1c(N)cccc1C(=O)OCc1sccc1Br. The zero-order chi connectivity index (χ0) is 13.8. The van der Waals surface area contributed by atoms with E-state index in [-0.39, 0.29) is 6.61 Å². The molecule has 0 saturated heterocycles. The molecule has 1 aromatic carbocycles. The molecule has 0 unspecified atom stereocenters. The number of carbonyl (C=O) groups excluding carboxylic acids is 1. The molecule has 4 nitrogen and oxygen atoms in total. The van der Waals surface area contributed by atoms with Crippen LogP contribution in [0.2, 0.25) is 0 Å².